The van der Waals surface area contributed by atoms with Crippen molar-refractivity contribution in [3.8, 4) is 0 Å². The Morgan fingerprint density at radius 2 is 1.81 bits per heavy atom. The zero-order valence-electron chi connectivity index (χ0n) is 14.4. The van der Waals surface area contributed by atoms with Gasteiger partial charge < -0.3 is 10.1 Å². The first-order valence-electron chi connectivity index (χ1n) is 8.75. The number of esters is 1. The van der Waals surface area contributed by atoms with Crippen LogP contribution in [0, 0.1) is 5.92 Å². The summed E-state index contributed by atoms with van der Waals surface area (Å²) in [5.74, 6) is -0.485. The van der Waals surface area contributed by atoms with Crippen LogP contribution in [0.5, 0.6) is 0 Å². The zero-order chi connectivity index (χ0) is 18.4. The fraction of sp³-hybridized carbons (Fsp3) is 0.350. The largest absolute Gasteiger partial charge is 0.461 e. The van der Waals surface area contributed by atoms with E-state index in [0.717, 1.165) is 18.4 Å². The van der Waals surface area contributed by atoms with Crippen molar-refractivity contribution in [2.75, 3.05) is 0 Å². The Bertz CT molecular complexity index is 759. The van der Waals surface area contributed by atoms with Crippen molar-refractivity contribution in [2.45, 2.75) is 38.3 Å². The first-order chi connectivity index (χ1) is 12.6. The highest BCUT2D eigenvalue weighted by atomic mass is 35.5. The van der Waals surface area contributed by atoms with E-state index >= 15 is 0 Å². The molecule has 26 heavy (non-hydrogen) atoms. The third kappa shape index (κ3) is 4.82. The number of rotatable bonds is 5. The number of aromatic nitrogens is 1. The minimum Gasteiger partial charge on any atom is -0.461 e. The summed E-state index contributed by atoms with van der Waals surface area (Å²) in [6.07, 6.45) is 4.45. The summed E-state index contributed by atoms with van der Waals surface area (Å²) in [5, 5.41) is 3.18. The van der Waals surface area contributed by atoms with E-state index in [0.29, 0.717) is 25.0 Å². The molecule has 1 saturated carbocycles. The summed E-state index contributed by atoms with van der Waals surface area (Å²) in [6, 6.07) is 13.0. The minimum atomic E-state index is -0.224. The topological polar surface area (TPSA) is 68.3 Å². The molecule has 6 heteroatoms. The number of nitrogens with one attached hydrogen (secondary N) is 1. The van der Waals surface area contributed by atoms with Gasteiger partial charge in [-0.05, 0) is 43.4 Å². The molecule has 0 atom stereocenters. The number of hydrogen-bond donors (Lipinski definition) is 1. The van der Waals surface area contributed by atoms with Crippen LogP contribution in [0.1, 0.15) is 41.6 Å². The highest BCUT2D eigenvalue weighted by Gasteiger charge is 2.28. The predicted molar refractivity (Wildman–Crippen MR) is 98.7 cm³/mol. The summed E-state index contributed by atoms with van der Waals surface area (Å²) in [7, 11) is 0. The van der Waals surface area contributed by atoms with Gasteiger partial charge in [-0.15, -0.1) is 0 Å². The fourth-order valence-electron chi connectivity index (χ4n) is 3.14. The normalized spacial score (nSPS) is 19.6. The Morgan fingerprint density at radius 3 is 2.50 bits per heavy atom. The van der Waals surface area contributed by atoms with Crippen molar-refractivity contribution in [3.05, 3.63) is 64.9 Å². The van der Waals surface area contributed by atoms with Crippen LogP contribution in [0.4, 0.5) is 0 Å². The Labute approximate surface area is 157 Å². The molecule has 1 aromatic carbocycles. The number of carbonyl (C=O) groups excluding carboxylic acids is 2. The van der Waals surface area contributed by atoms with E-state index in [2.05, 4.69) is 10.3 Å². The van der Waals surface area contributed by atoms with Gasteiger partial charge in [0.1, 0.15) is 11.8 Å². The highest BCUT2D eigenvalue weighted by molar-refractivity contribution is 6.32. The molecule has 0 bridgehead atoms. The summed E-state index contributed by atoms with van der Waals surface area (Å²) >= 11 is 5.95. The van der Waals surface area contributed by atoms with Crippen molar-refractivity contribution < 1.29 is 14.3 Å². The molecule has 0 unspecified atom stereocenters. The number of ether oxygens (including phenoxy) is 1. The van der Waals surface area contributed by atoms with E-state index in [1.807, 2.05) is 30.3 Å². The van der Waals surface area contributed by atoms with Gasteiger partial charge in [0.2, 0.25) is 0 Å². The average molecular weight is 373 g/mol. The lowest BCUT2D eigenvalue weighted by atomic mass is 9.86. The molecule has 1 aliphatic carbocycles. The molecule has 1 amide bonds. The second kappa shape index (κ2) is 8.81. The molecule has 1 aliphatic rings. The maximum Gasteiger partial charge on any atom is 0.309 e. The van der Waals surface area contributed by atoms with E-state index < -0.39 is 0 Å². The lowest BCUT2D eigenvalue weighted by Gasteiger charge is -2.28. The maximum absolute atomic E-state index is 12.3. The molecule has 0 radical (unpaired) electrons. The molecule has 1 aromatic heterocycles. The van der Waals surface area contributed by atoms with Gasteiger partial charge in [0.05, 0.1) is 11.5 Å². The monoisotopic (exact) mass is 372 g/mol. The van der Waals surface area contributed by atoms with Crippen LogP contribution in [-0.2, 0) is 16.1 Å². The number of hydrogen-bond acceptors (Lipinski definition) is 4. The van der Waals surface area contributed by atoms with E-state index in [1.165, 1.54) is 0 Å². The number of halogens is 1. The second-order valence-corrected chi connectivity index (χ2v) is 6.82. The fourth-order valence-corrected chi connectivity index (χ4v) is 3.34. The van der Waals surface area contributed by atoms with Crippen LogP contribution in [0.15, 0.2) is 48.7 Å². The van der Waals surface area contributed by atoms with E-state index in [1.54, 1.807) is 18.3 Å². The SMILES string of the molecule is O=C(NC1CCC(C(=O)OCc2ccccc2)CC1)c1cccnc1Cl. The van der Waals surface area contributed by atoms with E-state index in [-0.39, 0.29) is 29.0 Å². The van der Waals surface area contributed by atoms with Crippen LogP contribution >= 0.6 is 11.6 Å². The van der Waals surface area contributed by atoms with Crippen molar-refractivity contribution >= 4 is 23.5 Å². The molecule has 1 N–H and O–H groups in total. The van der Waals surface area contributed by atoms with Crippen molar-refractivity contribution in [2.24, 2.45) is 5.92 Å². The Balaban J connectivity index is 1.44. The van der Waals surface area contributed by atoms with Gasteiger partial charge in [-0.2, -0.15) is 0 Å². The Hall–Kier alpha value is -2.40. The average Bonchev–Trinajstić information content (AvgIpc) is 2.68. The first-order valence-corrected chi connectivity index (χ1v) is 9.13. The van der Waals surface area contributed by atoms with E-state index in [4.69, 9.17) is 16.3 Å². The molecular weight excluding hydrogens is 352 g/mol. The summed E-state index contributed by atoms with van der Waals surface area (Å²) < 4.78 is 5.42. The lowest BCUT2D eigenvalue weighted by Crippen LogP contribution is -2.39. The first kappa shape index (κ1) is 18.4. The number of amides is 1. The van der Waals surface area contributed by atoms with Crippen molar-refractivity contribution in [3.63, 3.8) is 0 Å². The molecule has 1 fully saturated rings. The highest BCUT2D eigenvalue weighted by Crippen LogP contribution is 2.26. The summed E-state index contributed by atoms with van der Waals surface area (Å²) in [4.78, 5) is 28.4. The molecule has 1 heterocycles. The number of benzene rings is 1. The molecular formula is C20H21ClN2O3. The molecule has 0 saturated heterocycles. The number of carbonyl (C=O) groups is 2. The number of nitrogens with zero attached hydrogens (tertiary/aromatic N) is 1. The van der Waals surface area contributed by atoms with Crippen LogP contribution in [0.25, 0.3) is 0 Å². The van der Waals surface area contributed by atoms with Gasteiger partial charge in [0, 0.05) is 12.2 Å². The van der Waals surface area contributed by atoms with Crippen LogP contribution in [0.2, 0.25) is 5.15 Å². The number of pyridine rings is 1. The standard InChI is InChI=1S/C20H21ClN2O3/c21-18-17(7-4-12-22-18)19(24)23-16-10-8-15(9-11-16)20(25)26-13-14-5-2-1-3-6-14/h1-7,12,15-16H,8-11,13H2,(H,23,24). The Morgan fingerprint density at radius 1 is 1.08 bits per heavy atom. The molecule has 0 spiro atoms. The van der Waals surface area contributed by atoms with Crippen molar-refractivity contribution in [1.29, 1.82) is 0 Å². The van der Waals surface area contributed by atoms with Gasteiger partial charge in [0.25, 0.3) is 5.91 Å². The van der Waals surface area contributed by atoms with Crippen molar-refractivity contribution in [1.82, 2.24) is 10.3 Å². The van der Waals surface area contributed by atoms with Gasteiger partial charge >= 0.3 is 5.97 Å². The van der Waals surface area contributed by atoms with Crippen LogP contribution in [-0.4, -0.2) is 22.9 Å². The van der Waals surface area contributed by atoms with Crippen LogP contribution in [0.3, 0.4) is 0 Å². The Kier molecular flexibility index (Phi) is 6.23. The molecule has 0 aliphatic heterocycles. The summed E-state index contributed by atoms with van der Waals surface area (Å²) in [5.41, 5.74) is 1.36. The quantitative estimate of drug-likeness (QED) is 0.640. The van der Waals surface area contributed by atoms with Gasteiger partial charge in [-0.25, -0.2) is 4.98 Å². The molecule has 2 aromatic rings. The summed E-state index contributed by atoms with van der Waals surface area (Å²) in [6.45, 7) is 0.301. The second-order valence-electron chi connectivity index (χ2n) is 6.46. The van der Waals surface area contributed by atoms with Gasteiger partial charge in [-0.3, -0.25) is 9.59 Å². The predicted octanol–water partition coefficient (Wildman–Crippen LogP) is 3.77. The van der Waals surface area contributed by atoms with Gasteiger partial charge in [-0.1, -0.05) is 41.9 Å². The third-order valence-electron chi connectivity index (χ3n) is 4.62. The lowest BCUT2D eigenvalue weighted by molar-refractivity contribution is -0.151. The minimum absolute atomic E-state index is 0.0388. The molecule has 136 valence electrons. The van der Waals surface area contributed by atoms with E-state index in [9.17, 15) is 9.59 Å². The smallest absolute Gasteiger partial charge is 0.309 e. The molecule has 3 rings (SSSR count). The van der Waals surface area contributed by atoms with Crippen LogP contribution < -0.4 is 5.32 Å². The molecule has 5 nitrogen and oxygen atoms in total. The maximum atomic E-state index is 12.3. The zero-order valence-corrected chi connectivity index (χ0v) is 15.1. The third-order valence-corrected chi connectivity index (χ3v) is 4.92. The van der Waals surface area contributed by atoms with Gasteiger partial charge in [0.15, 0.2) is 0 Å².